The molecule has 0 saturated carbocycles. The highest BCUT2D eigenvalue weighted by Crippen LogP contribution is 2.21. The molecule has 33 heavy (non-hydrogen) atoms. The Morgan fingerprint density at radius 3 is 2.58 bits per heavy atom. The predicted molar refractivity (Wildman–Crippen MR) is 128 cm³/mol. The molecule has 0 bridgehead atoms. The Labute approximate surface area is 198 Å². The second-order valence-corrected chi connectivity index (χ2v) is 8.56. The summed E-state index contributed by atoms with van der Waals surface area (Å²) < 4.78 is 7.27. The number of morpholine rings is 1. The van der Waals surface area contributed by atoms with Crippen molar-refractivity contribution in [3.63, 3.8) is 0 Å². The maximum Gasteiger partial charge on any atom is 0.220 e. The molecule has 1 aliphatic heterocycles. The molecule has 8 nitrogen and oxygen atoms in total. The quantitative estimate of drug-likeness (QED) is 0.547. The third kappa shape index (κ3) is 5.89. The van der Waals surface area contributed by atoms with Crippen LogP contribution in [0.1, 0.15) is 28.9 Å². The number of aromatic nitrogens is 4. The van der Waals surface area contributed by atoms with Gasteiger partial charge in [0, 0.05) is 42.8 Å². The summed E-state index contributed by atoms with van der Waals surface area (Å²) in [5.41, 5.74) is 4.13. The molecule has 1 saturated heterocycles. The third-order valence-electron chi connectivity index (χ3n) is 5.88. The minimum Gasteiger partial charge on any atom is -0.378 e. The number of aryl methyl sites for hydroxylation is 1. The highest BCUT2D eigenvalue weighted by atomic mass is 35.5. The fourth-order valence-corrected chi connectivity index (χ4v) is 4.13. The van der Waals surface area contributed by atoms with Crippen LogP contribution in [-0.2, 0) is 22.4 Å². The molecule has 0 spiro atoms. The van der Waals surface area contributed by atoms with E-state index < -0.39 is 0 Å². The first-order chi connectivity index (χ1) is 16.0. The minimum absolute atomic E-state index is 0.0344. The van der Waals surface area contributed by atoms with E-state index in [0.717, 1.165) is 53.7 Å². The van der Waals surface area contributed by atoms with Gasteiger partial charge < -0.3 is 15.0 Å². The summed E-state index contributed by atoms with van der Waals surface area (Å²) in [6, 6.07) is 9.64. The van der Waals surface area contributed by atoms with E-state index >= 15 is 0 Å². The second-order valence-electron chi connectivity index (χ2n) is 8.12. The van der Waals surface area contributed by atoms with Crippen molar-refractivity contribution in [3.8, 4) is 5.82 Å². The van der Waals surface area contributed by atoms with Gasteiger partial charge in [0.15, 0.2) is 5.82 Å². The van der Waals surface area contributed by atoms with Crippen molar-refractivity contribution in [1.82, 2.24) is 25.1 Å². The summed E-state index contributed by atoms with van der Waals surface area (Å²) in [7, 11) is 0. The molecular formula is C24H29ClN6O2. The van der Waals surface area contributed by atoms with Crippen LogP contribution in [0, 0.1) is 13.8 Å². The van der Waals surface area contributed by atoms with Crippen LogP contribution in [0.4, 0.5) is 5.82 Å². The Morgan fingerprint density at radius 2 is 1.82 bits per heavy atom. The maximum absolute atomic E-state index is 12.4. The standard InChI is InChI=1S/C24H29ClN6O2/c1-17-21(7-8-24(32)26-10-9-19-3-5-20(25)6-4-19)18(2)31(29-17)23-15-22(27-16-28-23)30-11-13-33-14-12-30/h3-6,15-16H,7-14H2,1-2H3,(H,26,32). The molecule has 1 N–H and O–H groups in total. The van der Waals surface area contributed by atoms with E-state index in [4.69, 9.17) is 21.4 Å². The lowest BCUT2D eigenvalue weighted by atomic mass is 10.1. The fraction of sp³-hybridized carbons (Fsp3) is 0.417. The van der Waals surface area contributed by atoms with Crippen LogP contribution >= 0.6 is 11.6 Å². The number of hydrogen-bond donors (Lipinski definition) is 1. The molecule has 0 unspecified atom stereocenters. The first-order valence-corrected chi connectivity index (χ1v) is 11.6. The number of ether oxygens (including phenoxy) is 1. The number of halogens is 1. The number of rotatable bonds is 8. The zero-order chi connectivity index (χ0) is 23.2. The average molecular weight is 469 g/mol. The Bertz CT molecular complexity index is 1090. The van der Waals surface area contributed by atoms with Crippen LogP contribution in [0.3, 0.4) is 0 Å². The summed E-state index contributed by atoms with van der Waals surface area (Å²) in [4.78, 5) is 23.4. The number of nitrogens with zero attached hydrogens (tertiary/aromatic N) is 5. The van der Waals surface area contributed by atoms with E-state index in [-0.39, 0.29) is 5.91 Å². The zero-order valence-electron chi connectivity index (χ0n) is 19.1. The molecule has 3 aromatic rings. The first kappa shape index (κ1) is 23.2. The molecule has 1 amide bonds. The van der Waals surface area contributed by atoms with E-state index in [2.05, 4.69) is 20.2 Å². The molecular weight excluding hydrogens is 440 g/mol. The van der Waals surface area contributed by atoms with Crippen molar-refractivity contribution in [2.75, 3.05) is 37.7 Å². The molecule has 0 radical (unpaired) electrons. The highest BCUT2D eigenvalue weighted by Gasteiger charge is 2.17. The van der Waals surface area contributed by atoms with Crippen LogP contribution in [0.25, 0.3) is 5.82 Å². The molecule has 0 atom stereocenters. The van der Waals surface area contributed by atoms with Gasteiger partial charge in [0.25, 0.3) is 0 Å². The van der Waals surface area contributed by atoms with E-state index in [1.807, 2.05) is 48.9 Å². The molecule has 4 rings (SSSR count). The van der Waals surface area contributed by atoms with Crippen molar-refractivity contribution in [2.24, 2.45) is 0 Å². The Balaban J connectivity index is 1.35. The number of carbonyl (C=O) groups excluding carboxylic acids is 1. The van der Waals surface area contributed by atoms with Gasteiger partial charge >= 0.3 is 0 Å². The van der Waals surface area contributed by atoms with E-state index in [1.165, 1.54) is 0 Å². The summed E-state index contributed by atoms with van der Waals surface area (Å²) >= 11 is 5.91. The number of benzene rings is 1. The normalized spacial score (nSPS) is 13.8. The van der Waals surface area contributed by atoms with Crippen molar-refractivity contribution >= 4 is 23.3 Å². The topological polar surface area (TPSA) is 85.2 Å². The first-order valence-electron chi connectivity index (χ1n) is 11.2. The van der Waals surface area contributed by atoms with Gasteiger partial charge in [-0.25, -0.2) is 14.6 Å². The van der Waals surface area contributed by atoms with Gasteiger partial charge in [-0.2, -0.15) is 5.10 Å². The van der Waals surface area contributed by atoms with Crippen LogP contribution in [0.15, 0.2) is 36.7 Å². The van der Waals surface area contributed by atoms with E-state index in [9.17, 15) is 4.79 Å². The third-order valence-corrected chi connectivity index (χ3v) is 6.13. The van der Waals surface area contributed by atoms with Crippen molar-refractivity contribution < 1.29 is 9.53 Å². The zero-order valence-corrected chi connectivity index (χ0v) is 19.8. The van der Waals surface area contributed by atoms with Gasteiger partial charge in [-0.15, -0.1) is 0 Å². The number of amides is 1. The summed E-state index contributed by atoms with van der Waals surface area (Å²) in [6.45, 7) is 7.61. The van der Waals surface area contributed by atoms with Crippen LogP contribution in [0.2, 0.25) is 5.02 Å². The van der Waals surface area contributed by atoms with Gasteiger partial charge in [0.1, 0.15) is 12.1 Å². The van der Waals surface area contributed by atoms with Gasteiger partial charge in [0.2, 0.25) is 5.91 Å². The van der Waals surface area contributed by atoms with Crippen molar-refractivity contribution in [2.45, 2.75) is 33.1 Å². The number of nitrogens with one attached hydrogen (secondary N) is 1. The average Bonchev–Trinajstić information content (AvgIpc) is 3.13. The molecule has 2 aromatic heterocycles. The van der Waals surface area contributed by atoms with Gasteiger partial charge in [-0.1, -0.05) is 23.7 Å². The largest absolute Gasteiger partial charge is 0.378 e. The van der Waals surface area contributed by atoms with Crippen LogP contribution in [0.5, 0.6) is 0 Å². The molecule has 174 valence electrons. The lowest BCUT2D eigenvalue weighted by Gasteiger charge is -2.27. The highest BCUT2D eigenvalue weighted by molar-refractivity contribution is 6.30. The second kappa shape index (κ2) is 10.8. The lowest BCUT2D eigenvalue weighted by Crippen LogP contribution is -2.36. The smallest absolute Gasteiger partial charge is 0.220 e. The molecule has 1 fully saturated rings. The van der Waals surface area contributed by atoms with Gasteiger partial charge in [-0.3, -0.25) is 4.79 Å². The molecule has 1 aliphatic rings. The lowest BCUT2D eigenvalue weighted by molar-refractivity contribution is -0.121. The molecule has 0 aliphatic carbocycles. The van der Waals surface area contributed by atoms with E-state index in [1.54, 1.807) is 6.33 Å². The maximum atomic E-state index is 12.4. The Morgan fingerprint density at radius 1 is 1.09 bits per heavy atom. The minimum atomic E-state index is 0.0344. The monoisotopic (exact) mass is 468 g/mol. The van der Waals surface area contributed by atoms with Crippen molar-refractivity contribution in [1.29, 1.82) is 0 Å². The van der Waals surface area contributed by atoms with E-state index in [0.29, 0.717) is 37.6 Å². The number of anilines is 1. The van der Waals surface area contributed by atoms with Crippen molar-refractivity contribution in [3.05, 3.63) is 64.2 Å². The summed E-state index contributed by atoms with van der Waals surface area (Å²) in [6.07, 6.45) is 3.39. The fourth-order valence-electron chi connectivity index (χ4n) is 4.00. The van der Waals surface area contributed by atoms with Crippen LogP contribution < -0.4 is 10.2 Å². The number of carbonyl (C=O) groups is 1. The van der Waals surface area contributed by atoms with Gasteiger partial charge in [0.05, 0.1) is 18.9 Å². The Kier molecular flexibility index (Phi) is 7.57. The predicted octanol–water partition coefficient (Wildman–Crippen LogP) is 3.06. The molecule has 3 heterocycles. The summed E-state index contributed by atoms with van der Waals surface area (Å²) in [5, 5.41) is 8.41. The SMILES string of the molecule is Cc1nn(-c2cc(N3CCOCC3)ncn2)c(C)c1CCC(=O)NCCc1ccc(Cl)cc1. The molecule has 9 heteroatoms. The molecule has 1 aromatic carbocycles. The Hall–Kier alpha value is -2.97. The van der Waals surface area contributed by atoms with Crippen LogP contribution in [-0.4, -0.2) is 58.5 Å². The number of hydrogen-bond acceptors (Lipinski definition) is 6. The van der Waals surface area contributed by atoms with Gasteiger partial charge in [-0.05, 0) is 49.9 Å². The summed E-state index contributed by atoms with van der Waals surface area (Å²) in [5.74, 6) is 1.63.